The Balaban J connectivity index is 1.55. The Morgan fingerprint density at radius 3 is 2.38 bits per heavy atom. The lowest BCUT2D eigenvalue weighted by Gasteiger charge is -2.38. The first-order chi connectivity index (χ1) is 10.4. The first kappa shape index (κ1) is 14.7. The van der Waals surface area contributed by atoms with Gasteiger partial charge in [0.2, 0.25) is 0 Å². The normalized spacial score (nSPS) is 18.7. The van der Waals surface area contributed by atoms with Crippen LogP contribution in [0.15, 0.2) is 47.8 Å². The molecule has 0 radical (unpaired) electrons. The van der Waals surface area contributed by atoms with Crippen molar-refractivity contribution in [2.24, 2.45) is 5.73 Å². The number of nitrogens with two attached hydrogens (primary N) is 1. The average molecular weight is 301 g/mol. The van der Waals surface area contributed by atoms with Crippen molar-refractivity contribution in [3.05, 3.63) is 58.3 Å². The Kier molecular flexibility index (Phi) is 5.04. The topological polar surface area (TPSA) is 32.5 Å². The summed E-state index contributed by atoms with van der Waals surface area (Å²) < 4.78 is 0. The molecule has 0 saturated carbocycles. The molecule has 1 aliphatic rings. The monoisotopic (exact) mass is 301 g/mol. The van der Waals surface area contributed by atoms with Gasteiger partial charge in [-0.1, -0.05) is 36.4 Å². The van der Waals surface area contributed by atoms with Gasteiger partial charge in [-0.15, -0.1) is 11.3 Å². The lowest BCUT2D eigenvalue weighted by Crippen LogP contribution is -2.48. The van der Waals surface area contributed by atoms with Gasteiger partial charge in [0, 0.05) is 44.1 Å². The van der Waals surface area contributed by atoms with Crippen LogP contribution in [0.1, 0.15) is 16.5 Å². The number of benzene rings is 1. The predicted octanol–water partition coefficient (Wildman–Crippen LogP) is 2.57. The van der Waals surface area contributed by atoms with Crippen LogP contribution in [-0.4, -0.2) is 42.5 Å². The number of rotatable bonds is 5. The van der Waals surface area contributed by atoms with E-state index in [4.69, 9.17) is 5.73 Å². The van der Waals surface area contributed by atoms with Gasteiger partial charge < -0.3 is 5.73 Å². The number of thiophene rings is 1. The zero-order chi connectivity index (χ0) is 14.5. The maximum absolute atomic E-state index is 6.00. The highest BCUT2D eigenvalue weighted by atomic mass is 32.1. The average Bonchev–Trinajstić information content (AvgIpc) is 3.05. The second-order valence-electron chi connectivity index (χ2n) is 5.56. The molecule has 0 spiro atoms. The number of piperazine rings is 1. The third-order valence-electron chi connectivity index (χ3n) is 4.19. The van der Waals surface area contributed by atoms with E-state index < -0.39 is 0 Å². The smallest absolute Gasteiger partial charge is 0.0565 e. The van der Waals surface area contributed by atoms with Crippen LogP contribution >= 0.6 is 11.3 Å². The van der Waals surface area contributed by atoms with Gasteiger partial charge in [0.1, 0.15) is 0 Å². The molecule has 1 atom stereocenters. The molecule has 2 N–H and O–H groups in total. The summed E-state index contributed by atoms with van der Waals surface area (Å²) in [7, 11) is 0. The van der Waals surface area contributed by atoms with Gasteiger partial charge in [-0.05, 0) is 17.0 Å². The summed E-state index contributed by atoms with van der Waals surface area (Å²) in [6.07, 6.45) is 0. The molecule has 112 valence electrons. The van der Waals surface area contributed by atoms with Crippen molar-refractivity contribution in [2.75, 3.05) is 32.7 Å². The zero-order valence-electron chi connectivity index (χ0n) is 12.3. The van der Waals surface area contributed by atoms with Crippen LogP contribution in [0.4, 0.5) is 0 Å². The number of nitrogens with zero attached hydrogens (tertiary/aromatic N) is 2. The van der Waals surface area contributed by atoms with Crippen molar-refractivity contribution >= 4 is 11.3 Å². The molecule has 1 aliphatic heterocycles. The molecule has 3 nitrogen and oxygen atoms in total. The van der Waals surface area contributed by atoms with Gasteiger partial charge in [-0.25, -0.2) is 0 Å². The summed E-state index contributed by atoms with van der Waals surface area (Å²) in [5.74, 6) is 0. The SMILES string of the molecule is NCC(c1cccs1)N1CCN(Cc2ccccc2)CC1. The van der Waals surface area contributed by atoms with E-state index in [1.54, 1.807) is 0 Å². The summed E-state index contributed by atoms with van der Waals surface area (Å²) in [4.78, 5) is 6.47. The highest BCUT2D eigenvalue weighted by molar-refractivity contribution is 7.10. The van der Waals surface area contributed by atoms with Gasteiger partial charge in [0.15, 0.2) is 0 Å². The molecular formula is C17H23N3S. The molecule has 0 bridgehead atoms. The predicted molar refractivity (Wildman–Crippen MR) is 89.4 cm³/mol. The van der Waals surface area contributed by atoms with E-state index in [-0.39, 0.29) is 0 Å². The Morgan fingerprint density at radius 2 is 1.76 bits per heavy atom. The lowest BCUT2D eigenvalue weighted by molar-refractivity contribution is 0.0954. The molecule has 2 aromatic rings. The second kappa shape index (κ2) is 7.18. The molecule has 1 unspecified atom stereocenters. The van der Waals surface area contributed by atoms with E-state index in [1.165, 1.54) is 10.4 Å². The van der Waals surface area contributed by atoms with Gasteiger partial charge in [0.05, 0.1) is 6.04 Å². The van der Waals surface area contributed by atoms with Crippen molar-refractivity contribution in [2.45, 2.75) is 12.6 Å². The fourth-order valence-electron chi connectivity index (χ4n) is 3.00. The van der Waals surface area contributed by atoms with E-state index in [1.807, 2.05) is 11.3 Å². The van der Waals surface area contributed by atoms with Gasteiger partial charge in [0.25, 0.3) is 0 Å². The number of hydrogen-bond donors (Lipinski definition) is 1. The molecule has 1 aromatic heterocycles. The van der Waals surface area contributed by atoms with E-state index in [2.05, 4.69) is 57.6 Å². The standard InChI is InChI=1S/C17H23N3S/c18-13-16(17-7-4-12-21-17)20-10-8-19(9-11-20)14-15-5-2-1-3-6-15/h1-7,12,16H,8-11,13-14,18H2. The van der Waals surface area contributed by atoms with Crippen LogP contribution in [0.2, 0.25) is 0 Å². The summed E-state index contributed by atoms with van der Waals surface area (Å²) >= 11 is 1.82. The van der Waals surface area contributed by atoms with Gasteiger partial charge in [-0.2, -0.15) is 0 Å². The van der Waals surface area contributed by atoms with Crippen LogP contribution in [0.25, 0.3) is 0 Å². The highest BCUT2D eigenvalue weighted by Gasteiger charge is 2.24. The zero-order valence-corrected chi connectivity index (χ0v) is 13.1. The summed E-state index contributed by atoms with van der Waals surface area (Å²) in [5.41, 5.74) is 7.41. The molecule has 21 heavy (non-hydrogen) atoms. The van der Waals surface area contributed by atoms with Gasteiger partial charge in [-0.3, -0.25) is 9.80 Å². The van der Waals surface area contributed by atoms with Crippen molar-refractivity contribution in [1.82, 2.24) is 9.80 Å². The van der Waals surface area contributed by atoms with E-state index in [0.717, 1.165) is 32.7 Å². The fraction of sp³-hybridized carbons (Fsp3) is 0.412. The third kappa shape index (κ3) is 3.71. The first-order valence-electron chi connectivity index (χ1n) is 7.60. The van der Waals surface area contributed by atoms with Crippen LogP contribution in [-0.2, 0) is 6.54 Å². The fourth-order valence-corrected chi connectivity index (χ4v) is 3.87. The highest BCUT2D eigenvalue weighted by Crippen LogP contribution is 2.25. The van der Waals surface area contributed by atoms with Crippen molar-refractivity contribution in [1.29, 1.82) is 0 Å². The Labute approximate surface area is 131 Å². The van der Waals surface area contributed by atoms with Crippen molar-refractivity contribution < 1.29 is 0 Å². The van der Waals surface area contributed by atoms with Crippen LogP contribution in [0.5, 0.6) is 0 Å². The van der Waals surface area contributed by atoms with E-state index >= 15 is 0 Å². The second-order valence-corrected chi connectivity index (χ2v) is 6.54. The quantitative estimate of drug-likeness (QED) is 0.921. The van der Waals surface area contributed by atoms with Crippen LogP contribution < -0.4 is 5.73 Å². The Morgan fingerprint density at radius 1 is 1.00 bits per heavy atom. The van der Waals surface area contributed by atoms with Crippen molar-refractivity contribution in [3.8, 4) is 0 Å². The summed E-state index contributed by atoms with van der Waals surface area (Å²) in [6, 6.07) is 15.5. The van der Waals surface area contributed by atoms with Crippen LogP contribution in [0, 0.1) is 0 Å². The van der Waals surface area contributed by atoms with Crippen LogP contribution in [0.3, 0.4) is 0 Å². The molecule has 2 heterocycles. The summed E-state index contributed by atoms with van der Waals surface area (Å²) in [5, 5.41) is 2.14. The first-order valence-corrected chi connectivity index (χ1v) is 8.48. The minimum Gasteiger partial charge on any atom is -0.329 e. The maximum Gasteiger partial charge on any atom is 0.0565 e. The molecule has 3 rings (SSSR count). The van der Waals surface area contributed by atoms with E-state index in [9.17, 15) is 0 Å². The molecule has 0 amide bonds. The molecule has 1 aromatic carbocycles. The Hall–Kier alpha value is -1.20. The van der Waals surface area contributed by atoms with Crippen molar-refractivity contribution in [3.63, 3.8) is 0 Å². The largest absolute Gasteiger partial charge is 0.329 e. The molecule has 1 saturated heterocycles. The minimum absolute atomic E-state index is 0.392. The lowest BCUT2D eigenvalue weighted by atomic mass is 10.1. The number of hydrogen-bond acceptors (Lipinski definition) is 4. The minimum atomic E-state index is 0.392. The van der Waals surface area contributed by atoms with Gasteiger partial charge >= 0.3 is 0 Å². The Bertz CT molecular complexity index is 518. The molecular weight excluding hydrogens is 278 g/mol. The molecule has 4 heteroatoms. The van der Waals surface area contributed by atoms with E-state index in [0.29, 0.717) is 12.6 Å². The molecule has 0 aliphatic carbocycles. The molecule has 1 fully saturated rings. The third-order valence-corrected chi connectivity index (χ3v) is 5.17. The maximum atomic E-state index is 6.00. The summed E-state index contributed by atoms with van der Waals surface area (Å²) in [6.45, 7) is 6.22.